The van der Waals surface area contributed by atoms with Crippen molar-refractivity contribution in [3.8, 4) is 0 Å². The number of nitrogens with zero attached hydrogens (tertiary/aromatic N) is 2. The highest BCUT2D eigenvalue weighted by Crippen LogP contribution is 2.17. The molecule has 0 unspecified atom stereocenters. The first-order valence-corrected chi connectivity index (χ1v) is 7.68. The Kier molecular flexibility index (Phi) is 4.56. The molecule has 6 nitrogen and oxygen atoms in total. The molecule has 0 amide bonds. The SMILES string of the molecule is Cc1cc(C)cc(Nc2n[nH]c(NCc3ccc(C=O)cc3)n2)c1. The van der Waals surface area contributed by atoms with Crippen molar-refractivity contribution in [1.29, 1.82) is 0 Å². The molecule has 0 fully saturated rings. The smallest absolute Gasteiger partial charge is 0.248 e. The van der Waals surface area contributed by atoms with Gasteiger partial charge in [0.1, 0.15) is 6.29 Å². The highest BCUT2D eigenvalue weighted by molar-refractivity contribution is 5.74. The Morgan fingerprint density at radius 3 is 2.46 bits per heavy atom. The zero-order valence-corrected chi connectivity index (χ0v) is 13.6. The second-order valence-corrected chi connectivity index (χ2v) is 5.72. The molecule has 3 aromatic rings. The van der Waals surface area contributed by atoms with Crippen molar-refractivity contribution in [3.63, 3.8) is 0 Å². The standard InChI is InChI=1S/C18H19N5O/c1-12-7-13(2)9-16(8-12)20-18-21-17(22-23-18)19-10-14-3-5-15(11-24)6-4-14/h3-9,11H,10H2,1-2H3,(H3,19,20,21,22,23). The van der Waals surface area contributed by atoms with Gasteiger partial charge in [0.25, 0.3) is 0 Å². The summed E-state index contributed by atoms with van der Waals surface area (Å²) in [6, 6.07) is 13.6. The predicted octanol–water partition coefficient (Wildman–Crippen LogP) is 3.59. The van der Waals surface area contributed by atoms with Crippen LogP contribution in [-0.2, 0) is 6.54 Å². The summed E-state index contributed by atoms with van der Waals surface area (Å²) in [5.41, 5.74) is 5.05. The van der Waals surface area contributed by atoms with E-state index in [1.807, 2.05) is 24.3 Å². The molecule has 0 aliphatic heterocycles. The number of aldehydes is 1. The van der Waals surface area contributed by atoms with Crippen molar-refractivity contribution in [2.45, 2.75) is 20.4 Å². The minimum absolute atomic E-state index is 0.513. The van der Waals surface area contributed by atoms with Crippen LogP contribution in [-0.4, -0.2) is 21.5 Å². The molecule has 1 heterocycles. The van der Waals surface area contributed by atoms with Crippen LogP contribution in [0.3, 0.4) is 0 Å². The van der Waals surface area contributed by atoms with Crippen LogP contribution in [0.25, 0.3) is 0 Å². The first kappa shape index (κ1) is 15.7. The van der Waals surface area contributed by atoms with Crippen LogP contribution >= 0.6 is 0 Å². The van der Waals surface area contributed by atoms with Gasteiger partial charge in [-0.2, -0.15) is 4.98 Å². The van der Waals surface area contributed by atoms with Crippen molar-refractivity contribution >= 4 is 23.9 Å². The van der Waals surface area contributed by atoms with Crippen molar-refractivity contribution in [2.24, 2.45) is 0 Å². The number of aromatic nitrogens is 3. The number of carbonyl (C=O) groups excluding carboxylic acids is 1. The first-order chi connectivity index (χ1) is 11.6. The molecule has 0 aliphatic rings. The second kappa shape index (κ2) is 6.95. The Morgan fingerprint density at radius 1 is 1.08 bits per heavy atom. The van der Waals surface area contributed by atoms with Gasteiger partial charge in [0.2, 0.25) is 11.9 Å². The molecular weight excluding hydrogens is 302 g/mol. The zero-order chi connectivity index (χ0) is 16.9. The van der Waals surface area contributed by atoms with E-state index in [4.69, 9.17) is 0 Å². The van der Waals surface area contributed by atoms with E-state index in [2.05, 4.69) is 45.7 Å². The number of H-pyrrole nitrogens is 1. The highest BCUT2D eigenvalue weighted by Gasteiger charge is 2.04. The summed E-state index contributed by atoms with van der Waals surface area (Å²) in [5, 5.41) is 13.4. The quantitative estimate of drug-likeness (QED) is 0.604. The zero-order valence-electron chi connectivity index (χ0n) is 13.6. The van der Waals surface area contributed by atoms with E-state index in [-0.39, 0.29) is 0 Å². The van der Waals surface area contributed by atoms with E-state index < -0.39 is 0 Å². The van der Waals surface area contributed by atoms with Crippen LogP contribution in [0, 0.1) is 13.8 Å². The minimum atomic E-state index is 0.513. The molecule has 122 valence electrons. The van der Waals surface area contributed by atoms with Gasteiger partial charge in [0, 0.05) is 17.8 Å². The van der Waals surface area contributed by atoms with Gasteiger partial charge in [0.15, 0.2) is 0 Å². The van der Waals surface area contributed by atoms with Gasteiger partial charge in [-0.25, -0.2) is 5.10 Å². The lowest BCUT2D eigenvalue weighted by Crippen LogP contribution is -2.01. The largest absolute Gasteiger partial charge is 0.350 e. The number of hydrogen-bond donors (Lipinski definition) is 3. The van der Waals surface area contributed by atoms with Gasteiger partial charge >= 0.3 is 0 Å². The van der Waals surface area contributed by atoms with Crippen LogP contribution in [0.1, 0.15) is 27.0 Å². The molecule has 0 bridgehead atoms. The number of hydrogen-bond acceptors (Lipinski definition) is 5. The van der Waals surface area contributed by atoms with E-state index in [1.54, 1.807) is 12.1 Å². The van der Waals surface area contributed by atoms with E-state index in [1.165, 1.54) is 11.1 Å². The lowest BCUT2D eigenvalue weighted by atomic mass is 10.1. The van der Waals surface area contributed by atoms with Crippen LogP contribution in [0.15, 0.2) is 42.5 Å². The number of anilines is 3. The van der Waals surface area contributed by atoms with Gasteiger partial charge in [-0.3, -0.25) is 4.79 Å². The maximum absolute atomic E-state index is 10.6. The number of carbonyl (C=O) groups is 1. The summed E-state index contributed by atoms with van der Waals surface area (Å²) >= 11 is 0. The number of benzene rings is 2. The van der Waals surface area contributed by atoms with Crippen LogP contribution in [0.5, 0.6) is 0 Å². The summed E-state index contributed by atoms with van der Waals surface area (Å²) in [6.45, 7) is 4.70. The Balaban J connectivity index is 1.61. The Hall–Kier alpha value is -3.15. The molecule has 6 heteroatoms. The minimum Gasteiger partial charge on any atom is -0.350 e. The summed E-state index contributed by atoms with van der Waals surface area (Å²) in [6.07, 6.45) is 0.832. The number of aromatic amines is 1. The summed E-state index contributed by atoms with van der Waals surface area (Å²) < 4.78 is 0. The average Bonchev–Trinajstić information content (AvgIpc) is 3.00. The van der Waals surface area contributed by atoms with Crippen molar-refractivity contribution in [2.75, 3.05) is 10.6 Å². The van der Waals surface area contributed by atoms with Gasteiger partial charge < -0.3 is 10.6 Å². The van der Waals surface area contributed by atoms with Crippen LogP contribution in [0.4, 0.5) is 17.6 Å². The average molecular weight is 321 g/mol. The third kappa shape index (κ3) is 3.98. The lowest BCUT2D eigenvalue weighted by molar-refractivity contribution is 0.112. The fourth-order valence-corrected chi connectivity index (χ4v) is 2.47. The molecule has 0 spiro atoms. The lowest BCUT2D eigenvalue weighted by Gasteiger charge is -2.05. The molecule has 3 N–H and O–H groups in total. The number of aryl methyl sites for hydroxylation is 2. The Bertz CT molecular complexity index is 819. The Labute approximate surface area is 140 Å². The molecule has 24 heavy (non-hydrogen) atoms. The van der Waals surface area contributed by atoms with Crippen LogP contribution < -0.4 is 10.6 Å². The highest BCUT2D eigenvalue weighted by atomic mass is 16.1. The number of nitrogens with one attached hydrogen (secondary N) is 3. The van der Waals surface area contributed by atoms with Gasteiger partial charge in [0.05, 0.1) is 0 Å². The van der Waals surface area contributed by atoms with Crippen molar-refractivity contribution < 1.29 is 4.79 Å². The van der Waals surface area contributed by atoms with E-state index in [0.717, 1.165) is 17.5 Å². The van der Waals surface area contributed by atoms with E-state index in [0.29, 0.717) is 24.0 Å². The van der Waals surface area contributed by atoms with Crippen LogP contribution in [0.2, 0.25) is 0 Å². The fourth-order valence-electron chi connectivity index (χ4n) is 2.47. The van der Waals surface area contributed by atoms with E-state index in [9.17, 15) is 4.79 Å². The molecule has 3 rings (SSSR count). The fraction of sp³-hybridized carbons (Fsp3) is 0.167. The normalized spacial score (nSPS) is 10.4. The third-order valence-corrected chi connectivity index (χ3v) is 3.54. The molecule has 0 saturated heterocycles. The molecule has 2 aromatic carbocycles. The van der Waals surface area contributed by atoms with Crippen molar-refractivity contribution in [3.05, 3.63) is 64.7 Å². The van der Waals surface area contributed by atoms with Crippen molar-refractivity contribution in [1.82, 2.24) is 15.2 Å². The monoisotopic (exact) mass is 321 g/mol. The van der Waals surface area contributed by atoms with Gasteiger partial charge in [-0.1, -0.05) is 30.3 Å². The summed E-state index contributed by atoms with van der Waals surface area (Å²) in [4.78, 5) is 15.0. The maximum Gasteiger partial charge on any atom is 0.248 e. The Morgan fingerprint density at radius 2 is 1.79 bits per heavy atom. The van der Waals surface area contributed by atoms with Gasteiger partial charge in [-0.15, -0.1) is 5.10 Å². The molecule has 0 radical (unpaired) electrons. The number of rotatable bonds is 6. The molecular formula is C18H19N5O. The molecule has 1 aromatic heterocycles. The summed E-state index contributed by atoms with van der Waals surface area (Å²) in [7, 11) is 0. The van der Waals surface area contributed by atoms with Gasteiger partial charge in [-0.05, 0) is 42.7 Å². The molecule has 0 atom stereocenters. The molecule has 0 aliphatic carbocycles. The topological polar surface area (TPSA) is 82.7 Å². The summed E-state index contributed by atoms with van der Waals surface area (Å²) in [5.74, 6) is 1.10. The second-order valence-electron chi connectivity index (χ2n) is 5.72. The van der Waals surface area contributed by atoms with E-state index >= 15 is 0 Å². The molecule has 0 saturated carbocycles. The predicted molar refractivity (Wildman–Crippen MR) is 94.7 cm³/mol. The first-order valence-electron chi connectivity index (χ1n) is 7.68. The maximum atomic E-state index is 10.6. The third-order valence-electron chi connectivity index (χ3n) is 3.54.